The number of methoxy groups -OCH3 is 1. The predicted octanol–water partition coefficient (Wildman–Crippen LogP) is 2.65. The Hall–Kier alpha value is -0.920. The maximum atomic E-state index is 13.0. The average Bonchev–Trinajstić information content (AvgIpc) is 2.80. The summed E-state index contributed by atoms with van der Waals surface area (Å²) in [6.45, 7) is 6.27. The van der Waals surface area contributed by atoms with Crippen molar-refractivity contribution in [2.24, 2.45) is 5.92 Å². The molecule has 1 aromatic rings. The predicted molar refractivity (Wildman–Crippen MR) is 82.1 cm³/mol. The molecule has 21 heavy (non-hydrogen) atoms. The van der Waals surface area contributed by atoms with Crippen LogP contribution in [0, 0.1) is 12.8 Å². The second kappa shape index (κ2) is 6.06. The lowest BCUT2D eigenvalue weighted by atomic mass is 9.95. The summed E-state index contributed by atoms with van der Waals surface area (Å²) in [4.78, 5) is 12.1. The number of piperidine rings is 1. The Balaban J connectivity index is 2.45. The van der Waals surface area contributed by atoms with E-state index in [0.29, 0.717) is 18.0 Å². The number of rotatable bonds is 3. The van der Waals surface area contributed by atoms with Gasteiger partial charge < -0.3 is 4.74 Å². The van der Waals surface area contributed by atoms with Crippen molar-refractivity contribution in [2.45, 2.75) is 44.6 Å². The van der Waals surface area contributed by atoms with E-state index in [4.69, 9.17) is 4.74 Å². The number of carbonyl (C=O) groups excluding carboxylic acids is 1. The molecule has 0 aromatic carbocycles. The molecule has 2 rings (SSSR count). The monoisotopic (exact) mass is 331 g/mol. The van der Waals surface area contributed by atoms with Crippen molar-refractivity contribution >= 4 is 27.3 Å². The van der Waals surface area contributed by atoms with Crippen molar-refractivity contribution in [2.75, 3.05) is 13.7 Å². The van der Waals surface area contributed by atoms with Gasteiger partial charge >= 0.3 is 5.97 Å². The summed E-state index contributed by atoms with van der Waals surface area (Å²) >= 11 is 1.12. The molecule has 1 aromatic heterocycles. The first-order chi connectivity index (χ1) is 9.78. The number of nitrogens with zero attached hydrogens (tertiary/aromatic N) is 1. The molecule has 2 unspecified atom stereocenters. The van der Waals surface area contributed by atoms with Crippen LogP contribution in [0.15, 0.2) is 10.3 Å². The molecule has 0 saturated carbocycles. The molecule has 2 heterocycles. The number of hydrogen-bond donors (Lipinski definition) is 0. The fourth-order valence-electron chi connectivity index (χ4n) is 2.85. The van der Waals surface area contributed by atoms with Crippen LogP contribution < -0.4 is 0 Å². The quantitative estimate of drug-likeness (QED) is 0.799. The third-order valence-corrected chi connectivity index (χ3v) is 7.34. The van der Waals surface area contributed by atoms with E-state index in [0.717, 1.165) is 24.2 Å². The Morgan fingerprint density at radius 1 is 1.43 bits per heavy atom. The molecule has 118 valence electrons. The van der Waals surface area contributed by atoms with Gasteiger partial charge in [0, 0.05) is 12.6 Å². The number of ether oxygens (including phenoxy) is 1. The van der Waals surface area contributed by atoms with Crippen molar-refractivity contribution in [3.63, 3.8) is 0 Å². The van der Waals surface area contributed by atoms with Gasteiger partial charge in [-0.05, 0) is 43.6 Å². The zero-order valence-electron chi connectivity index (χ0n) is 12.8. The van der Waals surface area contributed by atoms with Gasteiger partial charge in [-0.15, -0.1) is 11.3 Å². The molecule has 2 atom stereocenters. The van der Waals surface area contributed by atoms with Gasteiger partial charge in [-0.25, -0.2) is 13.2 Å². The molecule has 1 fully saturated rings. The van der Waals surface area contributed by atoms with Gasteiger partial charge in [0.25, 0.3) is 0 Å². The van der Waals surface area contributed by atoms with Crippen molar-refractivity contribution in [3.05, 3.63) is 15.8 Å². The average molecular weight is 331 g/mol. The number of sulfonamides is 1. The van der Waals surface area contributed by atoms with E-state index in [1.54, 1.807) is 12.3 Å². The van der Waals surface area contributed by atoms with Crippen molar-refractivity contribution in [1.82, 2.24) is 4.31 Å². The molecule has 1 aliphatic rings. The maximum absolute atomic E-state index is 13.0. The number of thiophene rings is 1. The smallest absolute Gasteiger partial charge is 0.349 e. The molecule has 5 nitrogen and oxygen atoms in total. The van der Waals surface area contributed by atoms with E-state index in [-0.39, 0.29) is 15.8 Å². The number of carbonyl (C=O) groups is 1. The fraction of sp³-hybridized carbons (Fsp3) is 0.643. The van der Waals surface area contributed by atoms with Crippen molar-refractivity contribution < 1.29 is 17.9 Å². The molecule has 0 spiro atoms. The fourth-order valence-corrected chi connectivity index (χ4v) is 6.17. The van der Waals surface area contributed by atoms with Crippen LogP contribution in [0.1, 0.15) is 41.9 Å². The van der Waals surface area contributed by atoms with E-state index < -0.39 is 16.0 Å². The zero-order valence-corrected chi connectivity index (χ0v) is 14.4. The number of esters is 1. The Morgan fingerprint density at radius 2 is 2.10 bits per heavy atom. The highest BCUT2D eigenvalue weighted by Crippen LogP contribution is 2.34. The summed E-state index contributed by atoms with van der Waals surface area (Å²) in [5.74, 6) is -0.0696. The molecule has 1 aliphatic heterocycles. The first-order valence-electron chi connectivity index (χ1n) is 6.97. The minimum atomic E-state index is -3.66. The van der Waals surface area contributed by atoms with Crippen LogP contribution in [0.3, 0.4) is 0 Å². The highest BCUT2D eigenvalue weighted by molar-refractivity contribution is 7.89. The van der Waals surface area contributed by atoms with Crippen LogP contribution in [0.4, 0.5) is 0 Å². The minimum Gasteiger partial charge on any atom is -0.465 e. The summed E-state index contributed by atoms with van der Waals surface area (Å²) in [7, 11) is -2.40. The summed E-state index contributed by atoms with van der Waals surface area (Å²) in [5.41, 5.74) is 0.603. The summed E-state index contributed by atoms with van der Waals surface area (Å²) in [5, 5.41) is 1.69. The molecular weight excluding hydrogens is 310 g/mol. The summed E-state index contributed by atoms with van der Waals surface area (Å²) in [6, 6.07) is -0.0523. The van der Waals surface area contributed by atoms with Crippen molar-refractivity contribution in [3.8, 4) is 0 Å². The summed E-state index contributed by atoms with van der Waals surface area (Å²) < 4.78 is 32.1. The lowest BCUT2D eigenvalue weighted by Crippen LogP contribution is -2.44. The lowest BCUT2D eigenvalue weighted by Gasteiger charge is -2.35. The van der Waals surface area contributed by atoms with Gasteiger partial charge in [0.15, 0.2) is 0 Å². The highest BCUT2D eigenvalue weighted by Gasteiger charge is 2.37. The third-order valence-electron chi connectivity index (χ3n) is 3.93. The van der Waals surface area contributed by atoms with E-state index in [2.05, 4.69) is 6.92 Å². The first-order valence-corrected chi connectivity index (χ1v) is 9.29. The molecule has 1 saturated heterocycles. The highest BCUT2D eigenvalue weighted by atomic mass is 32.2. The molecule has 0 N–H and O–H groups in total. The molecule has 7 heteroatoms. The van der Waals surface area contributed by atoms with Gasteiger partial charge in [0.1, 0.15) is 9.77 Å². The van der Waals surface area contributed by atoms with E-state index in [1.165, 1.54) is 11.4 Å². The largest absolute Gasteiger partial charge is 0.465 e. The van der Waals surface area contributed by atoms with Gasteiger partial charge in [-0.2, -0.15) is 4.31 Å². The second-order valence-corrected chi connectivity index (χ2v) is 8.37. The van der Waals surface area contributed by atoms with Gasteiger partial charge in [0.05, 0.1) is 7.11 Å². The Morgan fingerprint density at radius 3 is 2.67 bits per heavy atom. The standard InChI is InChI=1S/C14H21NO4S2/c1-9-5-6-15(11(3)7-9)21(17,18)13-10(2)8-20-12(13)14(16)19-4/h8-9,11H,5-7H2,1-4H3. The van der Waals surface area contributed by atoms with E-state index in [1.807, 2.05) is 6.92 Å². The maximum Gasteiger partial charge on any atom is 0.349 e. The normalized spacial score (nSPS) is 24.0. The third kappa shape index (κ3) is 3.00. The zero-order chi connectivity index (χ0) is 15.8. The topological polar surface area (TPSA) is 63.7 Å². The summed E-state index contributed by atoms with van der Waals surface area (Å²) in [6.07, 6.45) is 1.69. The lowest BCUT2D eigenvalue weighted by molar-refractivity contribution is 0.0601. The second-order valence-electron chi connectivity index (χ2n) is 5.66. The minimum absolute atomic E-state index is 0.0523. The Bertz CT molecular complexity index is 635. The van der Waals surface area contributed by atoms with Gasteiger partial charge in [0.2, 0.25) is 10.0 Å². The van der Waals surface area contributed by atoms with Gasteiger partial charge in [-0.3, -0.25) is 0 Å². The van der Waals surface area contributed by atoms with E-state index >= 15 is 0 Å². The number of hydrogen-bond acceptors (Lipinski definition) is 5. The van der Waals surface area contributed by atoms with Crippen LogP contribution in [0.2, 0.25) is 0 Å². The van der Waals surface area contributed by atoms with Gasteiger partial charge in [-0.1, -0.05) is 6.92 Å². The SMILES string of the molecule is COC(=O)c1scc(C)c1S(=O)(=O)N1CCC(C)CC1C. The number of aryl methyl sites for hydroxylation is 1. The molecule has 0 bridgehead atoms. The molecule has 0 radical (unpaired) electrons. The Labute approximate surface area is 130 Å². The van der Waals surface area contributed by atoms with Crippen molar-refractivity contribution in [1.29, 1.82) is 0 Å². The van der Waals surface area contributed by atoms with Crippen LogP contribution in [-0.4, -0.2) is 38.4 Å². The van der Waals surface area contributed by atoms with Crippen LogP contribution in [0.25, 0.3) is 0 Å². The Kier molecular flexibility index (Phi) is 4.75. The van der Waals surface area contributed by atoms with Crippen LogP contribution in [-0.2, 0) is 14.8 Å². The van der Waals surface area contributed by atoms with E-state index in [9.17, 15) is 13.2 Å². The van der Waals surface area contributed by atoms with Crippen LogP contribution in [0.5, 0.6) is 0 Å². The first kappa shape index (κ1) is 16.5. The van der Waals surface area contributed by atoms with Crippen LogP contribution >= 0.6 is 11.3 Å². The molecular formula is C14H21NO4S2. The molecule has 0 aliphatic carbocycles. The molecule has 0 amide bonds.